The molecule has 0 atom stereocenters. The van der Waals surface area contributed by atoms with Crippen LogP contribution in [0.1, 0.15) is 18.9 Å². The fourth-order valence-corrected chi connectivity index (χ4v) is 2.79. The van der Waals surface area contributed by atoms with E-state index in [-0.39, 0.29) is 13.0 Å². The van der Waals surface area contributed by atoms with Crippen LogP contribution in [0, 0.1) is 0 Å². The van der Waals surface area contributed by atoms with Gasteiger partial charge in [0, 0.05) is 5.69 Å². The predicted octanol–water partition coefficient (Wildman–Crippen LogP) is 2.88. The first-order valence-corrected chi connectivity index (χ1v) is 10.0. The molecule has 0 aromatic heterocycles. The first-order valence-electron chi connectivity index (χ1n) is 9.25. The number of hydrogen-bond acceptors (Lipinski definition) is 7. The topological polar surface area (TPSA) is 115 Å². The molecule has 0 aliphatic rings. The minimum absolute atomic E-state index is 0.211. The van der Waals surface area contributed by atoms with Crippen molar-refractivity contribution >= 4 is 45.6 Å². The summed E-state index contributed by atoms with van der Waals surface area (Å²) in [4.78, 5) is 35.0. The zero-order chi connectivity index (χ0) is 22.6. The molecule has 9 nitrogen and oxygen atoms in total. The van der Waals surface area contributed by atoms with Gasteiger partial charge in [-0.1, -0.05) is 0 Å². The van der Waals surface area contributed by atoms with Crippen LogP contribution < -0.4 is 20.2 Å². The Labute approximate surface area is 187 Å². The molecule has 0 spiro atoms. The molecule has 0 fully saturated rings. The molecule has 0 saturated heterocycles. The third kappa shape index (κ3) is 8.47. The van der Waals surface area contributed by atoms with E-state index in [9.17, 15) is 14.4 Å². The number of carbonyl (C=O) groups excluding carboxylic acids is 3. The number of hydrazone groups is 1. The van der Waals surface area contributed by atoms with Gasteiger partial charge in [0.25, 0.3) is 0 Å². The molecule has 0 saturated carbocycles. The number of hydrogen-bond donors (Lipinski definition) is 2. The van der Waals surface area contributed by atoms with Crippen LogP contribution in [0.4, 0.5) is 5.69 Å². The van der Waals surface area contributed by atoms with Crippen LogP contribution in [0.5, 0.6) is 11.5 Å². The van der Waals surface area contributed by atoms with Gasteiger partial charge >= 0.3 is 5.97 Å². The fourth-order valence-electron chi connectivity index (χ4n) is 2.28. The van der Waals surface area contributed by atoms with Gasteiger partial charge in [0.05, 0.1) is 24.4 Å². The lowest BCUT2D eigenvalue weighted by atomic mass is 10.2. The number of rotatable bonds is 10. The molecule has 2 amide bonds. The van der Waals surface area contributed by atoms with Crippen molar-refractivity contribution in [3.63, 3.8) is 0 Å². The molecule has 164 valence electrons. The summed E-state index contributed by atoms with van der Waals surface area (Å²) in [5.74, 6) is -0.366. The van der Waals surface area contributed by atoms with E-state index in [0.717, 1.165) is 0 Å². The highest BCUT2D eigenvalue weighted by atomic mass is 79.9. The van der Waals surface area contributed by atoms with Crippen LogP contribution in [0.25, 0.3) is 0 Å². The van der Waals surface area contributed by atoms with Gasteiger partial charge in [0.2, 0.25) is 11.8 Å². The second-order valence-electron chi connectivity index (χ2n) is 6.03. The Kier molecular flexibility index (Phi) is 9.50. The lowest BCUT2D eigenvalue weighted by molar-refractivity contribution is -0.143. The van der Waals surface area contributed by atoms with Gasteiger partial charge in [-0.2, -0.15) is 5.10 Å². The maximum atomic E-state index is 12.0. The Balaban J connectivity index is 1.80. The van der Waals surface area contributed by atoms with Crippen LogP contribution in [0.3, 0.4) is 0 Å². The Morgan fingerprint density at radius 3 is 2.45 bits per heavy atom. The van der Waals surface area contributed by atoms with Crippen molar-refractivity contribution in [3.05, 3.63) is 52.5 Å². The number of benzene rings is 2. The van der Waals surface area contributed by atoms with Gasteiger partial charge in [0.1, 0.15) is 17.9 Å². The van der Waals surface area contributed by atoms with Crippen molar-refractivity contribution < 1.29 is 28.6 Å². The minimum atomic E-state index is -0.559. The van der Waals surface area contributed by atoms with Gasteiger partial charge in [0.15, 0.2) is 6.61 Å². The molecule has 0 bridgehead atoms. The summed E-state index contributed by atoms with van der Waals surface area (Å²) in [6.07, 6.45) is 1.03. The van der Waals surface area contributed by atoms with Crippen molar-refractivity contribution in [1.29, 1.82) is 0 Å². The van der Waals surface area contributed by atoms with Gasteiger partial charge < -0.3 is 19.5 Å². The summed E-state index contributed by atoms with van der Waals surface area (Å²) in [7, 11) is 1.28. The third-order valence-corrected chi connectivity index (χ3v) is 4.32. The van der Waals surface area contributed by atoms with Gasteiger partial charge in [-0.15, -0.1) is 0 Å². The molecule has 10 heteroatoms. The summed E-state index contributed by atoms with van der Waals surface area (Å²) < 4.78 is 15.8. The molecular formula is C21H22BrN3O6. The third-order valence-electron chi connectivity index (χ3n) is 3.70. The van der Waals surface area contributed by atoms with Crippen molar-refractivity contribution in [1.82, 2.24) is 5.43 Å². The molecule has 2 N–H and O–H groups in total. The molecule has 31 heavy (non-hydrogen) atoms. The first kappa shape index (κ1) is 23.9. The number of carbonyl (C=O) groups is 3. The molecule has 0 heterocycles. The molecule has 0 aliphatic carbocycles. The fraction of sp³-hybridized carbons (Fsp3) is 0.238. The molecule has 2 aromatic carbocycles. The first-order chi connectivity index (χ1) is 14.9. The van der Waals surface area contributed by atoms with Crippen molar-refractivity contribution in [2.24, 2.45) is 5.10 Å². The van der Waals surface area contributed by atoms with Crippen molar-refractivity contribution in [2.45, 2.75) is 13.3 Å². The van der Waals surface area contributed by atoms with Crippen LogP contribution in [0.15, 0.2) is 52.0 Å². The highest BCUT2D eigenvalue weighted by Crippen LogP contribution is 2.25. The molecule has 2 aromatic rings. The van der Waals surface area contributed by atoms with Gasteiger partial charge in [-0.25, -0.2) is 10.2 Å². The Morgan fingerprint density at radius 2 is 1.81 bits per heavy atom. The molecule has 0 unspecified atom stereocenters. The molecule has 0 radical (unpaired) electrons. The van der Waals surface area contributed by atoms with Gasteiger partial charge in [-0.3, -0.25) is 9.59 Å². The molecular weight excluding hydrogens is 470 g/mol. The highest BCUT2D eigenvalue weighted by Gasteiger charge is 2.09. The second kappa shape index (κ2) is 12.3. The average molecular weight is 492 g/mol. The van der Waals surface area contributed by atoms with E-state index in [0.29, 0.717) is 33.8 Å². The number of methoxy groups -OCH3 is 1. The number of nitrogens with zero attached hydrogens (tertiary/aromatic N) is 1. The number of amides is 2. The van der Waals surface area contributed by atoms with Gasteiger partial charge in [-0.05, 0) is 70.9 Å². The van der Waals surface area contributed by atoms with Crippen molar-refractivity contribution in [3.8, 4) is 11.5 Å². The normalized spacial score (nSPS) is 10.4. The minimum Gasteiger partial charge on any atom is -0.494 e. The number of ether oxygens (including phenoxy) is 3. The van der Waals surface area contributed by atoms with E-state index in [1.165, 1.54) is 13.3 Å². The smallest absolute Gasteiger partial charge is 0.343 e. The summed E-state index contributed by atoms with van der Waals surface area (Å²) in [5.41, 5.74) is 3.52. The summed E-state index contributed by atoms with van der Waals surface area (Å²) in [5, 5.41) is 6.46. The quantitative estimate of drug-likeness (QED) is 0.228. The zero-order valence-corrected chi connectivity index (χ0v) is 18.6. The number of nitrogens with one attached hydrogen (secondary N) is 2. The number of halogens is 1. The lowest BCUT2D eigenvalue weighted by Crippen LogP contribution is -2.24. The lowest BCUT2D eigenvalue weighted by Gasteiger charge is -2.07. The summed E-state index contributed by atoms with van der Waals surface area (Å²) in [6, 6.07) is 11.9. The van der Waals surface area contributed by atoms with E-state index in [4.69, 9.17) is 9.47 Å². The summed E-state index contributed by atoms with van der Waals surface area (Å²) >= 11 is 3.33. The summed E-state index contributed by atoms with van der Waals surface area (Å²) in [6.45, 7) is 2.22. The van der Waals surface area contributed by atoms with Crippen molar-refractivity contribution in [2.75, 3.05) is 25.6 Å². The zero-order valence-electron chi connectivity index (χ0n) is 17.0. The SMILES string of the molecule is CCOc1ccc(NC(=O)CC(=O)NN=Cc2ccc(OCC(=O)OC)c(Br)c2)cc1. The monoisotopic (exact) mass is 491 g/mol. The number of esters is 1. The second-order valence-corrected chi connectivity index (χ2v) is 6.88. The van der Waals surface area contributed by atoms with E-state index < -0.39 is 17.8 Å². The highest BCUT2D eigenvalue weighted by molar-refractivity contribution is 9.10. The predicted molar refractivity (Wildman–Crippen MR) is 118 cm³/mol. The van der Waals surface area contributed by atoms with E-state index in [1.807, 2.05) is 6.92 Å². The Bertz CT molecular complexity index is 947. The maximum Gasteiger partial charge on any atom is 0.343 e. The Hall–Kier alpha value is -3.40. The van der Waals surface area contributed by atoms with Crippen LogP contribution in [-0.2, 0) is 19.1 Å². The molecule has 2 rings (SSSR count). The number of anilines is 1. The average Bonchev–Trinajstić information content (AvgIpc) is 2.74. The van der Waals surface area contributed by atoms with E-state index in [2.05, 4.69) is 36.5 Å². The van der Waals surface area contributed by atoms with E-state index in [1.54, 1.807) is 42.5 Å². The Morgan fingerprint density at radius 1 is 1.06 bits per heavy atom. The molecule has 0 aliphatic heterocycles. The van der Waals surface area contributed by atoms with Crippen LogP contribution >= 0.6 is 15.9 Å². The maximum absolute atomic E-state index is 12.0. The van der Waals surface area contributed by atoms with Crippen LogP contribution in [0.2, 0.25) is 0 Å². The standard InChI is InChI=1S/C21H22BrN3O6/c1-3-30-16-7-5-15(6-8-16)24-19(26)11-20(27)25-23-12-14-4-9-18(17(22)10-14)31-13-21(28)29-2/h4-10,12H,3,11,13H2,1-2H3,(H,24,26)(H,25,27). The van der Waals surface area contributed by atoms with Crippen LogP contribution in [-0.4, -0.2) is 44.3 Å². The van der Waals surface area contributed by atoms with E-state index >= 15 is 0 Å². The largest absolute Gasteiger partial charge is 0.494 e.